The van der Waals surface area contributed by atoms with Crippen molar-refractivity contribution < 1.29 is 33.5 Å². The molecule has 1 fully saturated rings. The number of para-hydroxylation sites is 1. The third kappa shape index (κ3) is 5.75. The number of nitro groups is 1. The smallest absolute Gasteiger partial charge is 0.344 e. The van der Waals surface area contributed by atoms with Crippen molar-refractivity contribution in [1.82, 2.24) is 4.90 Å². The number of imide groups is 1. The first-order chi connectivity index (χ1) is 16.2. The average molecular weight is 551 g/mol. The molecular formula is C22H19BrN2O8S. The molecule has 2 amide bonds. The van der Waals surface area contributed by atoms with E-state index in [2.05, 4.69) is 15.9 Å². The Morgan fingerprint density at radius 1 is 1.26 bits per heavy atom. The number of thioether (sulfide) groups is 1. The molecule has 34 heavy (non-hydrogen) atoms. The maximum Gasteiger partial charge on any atom is 0.344 e. The first kappa shape index (κ1) is 25.2. The van der Waals surface area contributed by atoms with E-state index in [0.29, 0.717) is 15.8 Å². The minimum atomic E-state index is -0.564. The molecule has 0 aliphatic carbocycles. The summed E-state index contributed by atoms with van der Waals surface area (Å²) in [6.45, 7) is 1.39. The fraction of sp³-hybridized carbons (Fsp3) is 0.227. The SMILES string of the molecule is CCOC(=O)COc1c(Br)cc(/C=C2\SC(=O)N(Cc3ccccc3[N+](=O)[O-])C2=O)cc1OC. The van der Waals surface area contributed by atoms with E-state index >= 15 is 0 Å². The van der Waals surface area contributed by atoms with Crippen molar-refractivity contribution >= 4 is 56.6 Å². The summed E-state index contributed by atoms with van der Waals surface area (Å²) in [5.41, 5.74) is 0.615. The van der Waals surface area contributed by atoms with Crippen LogP contribution in [-0.4, -0.2) is 47.3 Å². The van der Waals surface area contributed by atoms with Crippen molar-refractivity contribution in [1.29, 1.82) is 0 Å². The van der Waals surface area contributed by atoms with Gasteiger partial charge in [-0.05, 0) is 58.4 Å². The van der Waals surface area contributed by atoms with Gasteiger partial charge in [-0.3, -0.25) is 24.6 Å². The lowest BCUT2D eigenvalue weighted by Crippen LogP contribution is -2.27. The summed E-state index contributed by atoms with van der Waals surface area (Å²) in [5.74, 6) is -0.528. The maximum atomic E-state index is 12.9. The summed E-state index contributed by atoms with van der Waals surface area (Å²) in [5, 5.41) is 10.7. The van der Waals surface area contributed by atoms with E-state index in [1.54, 1.807) is 25.1 Å². The lowest BCUT2D eigenvalue weighted by atomic mass is 10.1. The van der Waals surface area contributed by atoms with Crippen LogP contribution in [-0.2, 0) is 20.9 Å². The van der Waals surface area contributed by atoms with Crippen LogP contribution in [0.3, 0.4) is 0 Å². The number of rotatable bonds is 9. The zero-order valence-electron chi connectivity index (χ0n) is 18.1. The monoisotopic (exact) mass is 550 g/mol. The number of carbonyl (C=O) groups excluding carboxylic acids is 3. The molecule has 2 aromatic rings. The number of esters is 1. The quantitative estimate of drug-likeness (QED) is 0.191. The van der Waals surface area contributed by atoms with Crippen LogP contribution in [0.15, 0.2) is 45.8 Å². The molecule has 0 radical (unpaired) electrons. The number of carbonyl (C=O) groups is 3. The van der Waals surface area contributed by atoms with Crippen LogP contribution >= 0.6 is 27.7 Å². The molecule has 0 bridgehead atoms. The molecule has 3 rings (SSSR count). The van der Waals surface area contributed by atoms with Gasteiger partial charge in [0, 0.05) is 11.6 Å². The molecule has 0 unspecified atom stereocenters. The third-order valence-corrected chi connectivity index (χ3v) is 6.08. The van der Waals surface area contributed by atoms with Crippen LogP contribution in [0, 0.1) is 10.1 Å². The van der Waals surface area contributed by atoms with Gasteiger partial charge in [-0.1, -0.05) is 18.2 Å². The van der Waals surface area contributed by atoms with E-state index < -0.39 is 22.0 Å². The van der Waals surface area contributed by atoms with E-state index in [0.717, 1.165) is 16.7 Å². The third-order valence-electron chi connectivity index (χ3n) is 4.58. The fourth-order valence-corrected chi connectivity index (χ4v) is 4.49. The highest BCUT2D eigenvalue weighted by atomic mass is 79.9. The number of hydrogen-bond acceptors (Lipinski definition) is 9. The second-order valence-electron chi connectivity index (χ2n) is 6.78. The molecule has 0 saturated carbocycles. The lowest BCUT2D eigenvalue weighted by molar-refractivity contribution is -0.385. The maximum absolute atomic E-state index is 12.9. The van der Waals surface area contributed by atoms with Gasteiger partial charge in [0.05, 0.1) is 34.6 Å². The molecule has 178 valence electrons. The van der Waals surface area contributed by atoms with Gasteiger partial charge >= 0.3 is 5.97 Å². The molecule has 12 heteroatoms. The van der Waals surface area contributed by atoms with E-state index in [1.807, 2.05) is 0 Å². The number of nitrogens with zero attached hydrogens (tertiary/aromatic N) is 2. The van der Waals surface area contributed by atoms with Crippen LogP contribution < -0.4 is 9.47 Å². The highest BCUT2D eigenvalue weighted by molar-refractivity contribution is 9.10. The van der Waals surface area contributed by atoms with Gasteiger partial charge in [0.15, 0.2) is 18.1 Å². The first-order valence-electron chi connectivity index (χ1n) is 9.88. The second kappa shape index (κ2) is 11.2. The summed E-state index contributed by atoms with van der Waals surface area (Å²) < 4.78 is 16.1. The van der Waals surface area contributed by atoms with E-state index in [-0.39, 0.29) is 41.7 Å². The van der Waals surface area contributed by atoms with Crippen molar-refractivity contribution in [3.05, 3.63) is 67.0 Å². The molecule has 1 aliphatic heterocycles. The van der Waals surface area contributed by atoms with Gasteiger partial charge in [-0.15, -0.1) is 0 Å². The standard InChI is InChI=1S/C22H19BrN2O8S/c1-3-32-19(26)12-33-20-15(23)8-13(9-17(20)31-2)10-18-21(27)24(22(28)34-18)11-14-6-4-5-7-16(14)25(29)30/h4-10H,3,11-12H2,1-2H3/b18-10-. The molecule has 2 aromatic carbocycles. The zero-order valence-corrected chi connectivity index (χ0v) is 20.5. The van der Waals surface area contributed by atoms with E-state index in [1.165, 1.54) is 31.4 Å². The largest absolute Gasteiger partial charge is 0.493 e. The molecule has 10 nitrogen and oxygen atoms in total. The van der Waals surface area contributed by atoms with Gasteiger partial charge < -0.3 is 14.2 Å². The number of amides is 2. The predicted molar refractivity (Wildman–Crippen MR) is 127 cm³/mol. The summed E-state index contributed by atoms with van der Waals surface area (Å²) >= 11 is 4.10. The number of ether oxygens (including phenoxy) is 3. The highest BCUT2D eigenvalue weighted by Gasteiger charge is 2.36. The Kier molecular flexibility index (Phi) is 8.29. The number of methoxy groups -OCH3 is 1. The minimum Gasteiger partial charge on any atom is -0.493 e. The molecule has 0 aromatic heterocycles. The second-order valence-corrected chi connectivity index (χ2v) is 8.63. The predicted octanol–water partition coefficient (Wildman–Crippen LogP) is 4.54. The summed E-state index contributed by atoms with van der Waals surface area (Å²) in [6.07, 6.45) is 1.51. The van der Waals surface area contributed by atoms with Crippen molar-refractivity contribution in [2.75, 3.05) is 20.3 Å². The normalized spacial score (nSPS) is 14.4. The molecule has 0 spiro atoms. The Bertz CT molecular complexity index is 1180. The summed E-state index contributed by atoms with van der Waals surface area (Å²) in [4.78, 5) is 48.7. The van der Waals surface area contributed by atoms with Crippen LogP contribution in [0.25, 0.3) is 6.08 Å². The van der Waals surface area contributed by atoms with Gasteiger partial charge in [0.25, 0.3) is 16.8 Å². The number of hydrogen-bond donors (Lipinski definition) is 0. The number of nitro benzene ring substituents is 1. The Labute approximate surface area is 207 Å². The van der Waals surface area contributed by atoms with E-state index in [9.17, 15) is 24.5 Å². The molecule has 0 atom stereocenters. The van der Waals surface area contributed by atoms with Gasteiger partial charge in [-0.2, -0.15) is 0 Å². The molecule has 1 heterocycles. The Hall–Kier alpha value is -3.38. The zero-order chi connectivity index (χ0) is 24.8. The lowest BCUT2D eigenvalue weighted by Gasteiger charge is -2.13. The van der Waals surface area contributed by atoms with Gasteiger partial charge in [-0.25, -0.2) is 4.79 Å². The highest BCUT2D eigenvalue weighted by Crippen LogP contribution is 2.39. The van der Waals surface area contributed by atoms with Crippen LogP contribution in [0.5, 0.6) is 11.5 Å². The summed E-state index contributed by atoms with van der Waals surface area (Å²) in [6, 6.07) is 9.16. The van der Waals surface area contributed by atoms with Crippen molar-refractivity contribution in [3.8, 4) is 11.5 Å². The van der Waals surface area contributed by atoms with Crippen LogP contribution in [0.2, 0.25) is 0 Å². The fourth-order valence-electron chi connectivity index (χ4n) is 3.08. The van der Waals surface area contributed by atoms with Crippen LogP contribution in [0.1, 0.15) is 18.1 Å². The van der Waals surface area contributed by atoms with Crippen molar-refractivity contribution in [3.63, 3.8) is 0 Å². The van der Waals surface area contributed by atoms with Crippen LogP contribution in [0.4, 0.5) is 10.5 Å². The average Bonchev–Trinajstić information content (AvgIpc) is 3.05. The molecule has 1 aliphatic rings. The molecule has 1 saturated heterocycles. The Balaban J connectivity index is 1.82. The Morgan fingerprint density at radius 2 is 2.00 bits per heavy atom. The molecular weight excluding hydrogens is 532 g/mol. The minimum absolute atomic E-state index is 0.151. The van der Waals surface area contributed by atoms with Crippen molar-refractivity contribution in [2.45, 2.75) is 13.5 Å². The topological polar surface area (TPSA) is 125 Å². The first-order valence-corrected chi connectivity index (χ1v) is 11.5. The number of halogens is 1. The van der Waals surface area contributed by atoms with Gasteiger partial charge in [0.2, 0.25) is 0 Å². The Morgan fingerprint density at radius 3 is 2.68 bits per heavy atom. The van der Waals surface area contributed by atoms with Crippen molar-refractivity contribution in [2.24, 2.45) is 0 Å². The number of benzene rings is 2. The molecule has 0 N–H and O–H groups in total. The van der Waals surface area contributed by atoms with Gasteiger partial charge in [0.1, 0.15) is 0 Å². The van der Waals surface area contributed by atoms with E-state index in [4.69, 9.17) is 14.2 Å². The summed E-state index contributed by atoms with van der Waals surface area (Å²) in [7, 11) is 1.42.